The van der Waals surface area contributed by atoms with E-state index in [4.69, 9.17) is 16.3 Å². The molecule has 0 aromatic heterocycles. The van der Waals surface area contributed by atoms with Gasteiger partial charge in [-0.05, 0) is 43.9 Å². The highest BCUT2D eigenvalue weighted by Gasteiger charge is 2.59. The molecule has 0 aliphatic heterocycles. The maximum atomic E-state index is 12.1. The largest absolute Gasteiger partial charge is 0.464 e. The van der Waals surface area contributed by atoms with Gasteiger partial charge in [-0.25, -0.2) is 0 Å². The van der Waals surface area contributed by atoms with Crippen LogP contribution in [0.25, 0.3) is 0 Å². The van der Waals surface area contributed by atoms with Gasteiger partial charge in [-0.15, -0.1) is 11.6 Å². The number of hydrogen-bond donors (Lipinski definition) is 0. The van der Waals surface area contributed by atoms with Crippen LogP contribution in [0.5, 0.6) is 0 Å². The number of alkyl halides is 1. The van der Waals surface area contributed by atoms with Crippen molar-refractivity contribution in [3.8, 4) is 0 Å². The van der Waals surface area contributed by atoms with Crippen molar-refractivity contribution in [2.75, 3.05) is 6.61 Å². The van der Waals surface area contributed by atoms with Gasteiger partial charge < -0.3 is 4.74 Å². The summed E-state index contributed by atoms with van der Waals surface area (Å²) in [6, 6.07) is 0. The zero-order chi connectivity index (χ0) is 12.3. The van der Waals surface area contributed by atoms with Crippen molar-refractivity contribution in [2.45, 2.75) is 63.2 Å². The first-order chi connectivity index (χ1) is 8.19. The first-order valence-corrected chi connectivity index (χ1v) is 7.43. The minimum atomic E-state index is -0.662. The van der Waals surface area contributed by atoms with E-state index < -0.39 is 4.87 Å². The summed E-state index contributed by atoms with van der Waals surface area (Å²) in [7, 11) is 0. The van der Waals surface area contributed by atoms with Crippen LogP contribution in [0.4, 0.5) is 0 Å². The predicted octanol–water partition coefficient (Wildman–Crippen LogP) is 3.91. The Kier molecular flexibility index (Phi) is 4.35. The quantitative estimate of drug-likeness (QED) is 0.375. The van der Waals surface area contributed by atoms with Gasteiger partial charge in [0.2, 0.25) is 0 Å². The van der Waals surface area contributed by atoms with Crippen LogP contribution in [0.2, 0.25) is 0 Å². The Morgan fingerprint density at radius 1 is 1.18 bits per heavy atom. The Balaban J connectivity index is 1.73. The Hall–Kier alpha value is -0.240. The van der Waals surface area contributed by atoms with Crippen LogP contribution in [0.1, 0.15) is 58.3 Å². The first kappa shape index (κ1) is 13.2. The summed E-state index contributed by atoms with van der Waals surface area (Å²) in [5.74, 6) is 0.639. The number of unbranched alkanes of at least 4 members (excludes halogenated alkanes) is 3. The highest BCUT2D eigenvalue weighted by molar-refractivity contribution is 6.35. The molecule has 0 N–H and O–H groups in total. The normalized spacial score (nSPS) is 20.4. The lowest BCUT2D eigenvalue weighted by Crippen LogP contribution is -2.39. The third kappa shape index (κ3) is 3.15. The van der Waals surface area contributed by atoms with Crippen LogP contribution in [0, 0.1) is 11.8 Å². The Morgan fingerprint density at radius 2 is 1.76 bits per heavy atom. The smallest absolute Gasteiger partial charge is 0.327 e. The predicted molar refractivity (Wildman–Crippen MR) is 69.1 cm³/mol. The van der Waals surface area contributed by atoms with Crippen LogP contribution >= 0.6 is 11.6 Å². The zero-order valence-corrected chi connectivity index (χ0v) is 11.5. The highest BCUT2D eigenvalue weighted by Crippen LogP contribution is 2.56. The average molecular weight is 259 g/mol. The first-order valence-electron chi connectivity index (χ1n) is 7.05. The van der Waals surface area contributed by atoms with Crippen LogP contribution in [-0.4, -0.2) is 17.5 Å². The number of carbonyl (C=O) groups is 1. The van der Waals surface area contributed by atoms with Crippen LogP contribution in [-0.2, 0) is 9.53 Å². The third-order valence-corrected chi connectivity index (χ3v) is 4.66. The van der Waals surface area contributed by atoms with Gasteiger partial charge in [0, 0.05) is 0 Å². The van der Waals surface area contributed by atoms with Gasteiger partial charge in [-0.3, -0.25) is 4.79 Å². The molecule has 2 nitrogen and oxygen atoms in total. The molecular weight excluding hydrogens is 236 g/mol. The van der Waals surface area contributed by atoms with Gasteiger partial charge in [0.15, 0.2) is 0 Å². The minimum absolute atomic E-state index is 0.138. The molecule has 0 aromatic carbocycles. The molecule has 0 bridgehead atoms. The summed E-state index contributed by atoms with van der Waals surface area (Å²) in [5.41, 5.74) is 0. The second kappa shape index (κ2) is 5.60. The van der Waals surface area contributed by atoms with E-state index in [-0.39, 0.29) is 5.97 Å². The molecule has 2 aliphatic carbocycles. The van der Waals surface area contributed by atoms with Gasteiger partial charge in [0.25, 0.3) is 0 Å². The van der Waals surface area contributed by atoms with Gasteiger partial charge in [0.1, 0.15) is 4.87 Å². The SMILES string of the molecule is CCCCCCOC(=O)C(Cl)(C1CC1)C1CC1. The lowest BCUT2D eigenvalue weighted by molar-refractivity contribution is -0.148. The molecule has 0 atom stereocenters. The van der Waals surface area contributed by atoms with E-state index in [2.05, 4.69) is 6.92 Å². The van der Waals surface area contributed by atoms with E-state index in [1.54, 1.807) is 0 Å². The number of carbonyl (C=O) groups excluding carboxylic acids is 1. The van der Waals surface area contributed by atoms with E-state index in [1.807, 2.05) is 0 Å². The number of ether oxygens (including phenoxy) is 1. The topological polar surface area (TPSA) is 26.3 Å². The fourth-order valence-electron chi connectivity index (χ4n) is 2.48. The van der Waals surface area contributed by atoms with Crippen molar-refractivity contribution in [3.05, 3.63) is 0 Å². The number of halogens is 1. The molecule has 0 saturated heterocycles. The standard InChI is InChI=1S/C14H23ClO2/c1-2-3-4-5-10-17-13(16)14(15,11-6-7-11)12-8-9-12/h11-12H,2-10H2,1H3. The van der Waals surface area contributed by atoms with Crippen molar-refractivity contribution in [1.82, 2.24) is 0 Å². The zero-order valence-electron chi connectivity index (χ0n) is 10.7. The van der Waals surface area contributed by atoms with Crippen molar-refractivity contribution in [1.29, 1.82) is 0 Å². The summed E-state index contributed by atoms with van der Waals surface area (Å²) in [5, 5.41) is 0. The van der Waals surface area contributed by atoms with E-state index in [9.17, 15) is 4.79 Å². The summed E-state index contributed by atoms with van der Waals surface area (Å²) in [6.07, 6.45) is 8.95. The average Bonchev–Trinajstić information content (AvgIpc) is 3.20. The lowest BCUT2D eigenvalue weighted by Gasteiger charge is -2.24. The van der Waals surface area contributed by atoms with Crippen LogP contribution in [0.3, 0.4) is 0 Å². The van der Waals surface area contributed by atoms with Crippen LogP contribution in [0.15, 0.2) is 0 Å². The van der Waals surface area contributed by atoms with E-state index >= 15 is 0 Å². The Labute approximate surface area is 109 Å². The summed E-state index contributed by atoms with van der Waals surface area (Å²) < 4.78 is 5.39. The lowest BCUT2D eigenvalue weighted by atomic mass is 9.97. The van der Waals surface area contributed by atoms with E-state index in [0.29, 0.717) is 18.4 Å². The number of rotatable bonds is 8. The van der Waals surface area contributed by atoms with Gasteiger partial charge >= 0.3 is 5.97 Å². The number of hydrogen-bond acceptors (Lipinski definition) is 2. The second-order valence-electron chi connectivity index (χ2n) is 5.51. The molecule has 0 amide bonds. The van der Waals surface area contributed by atoms with Crippen molar-refractivity contribution in [2.24, 2.45) is 11.8 Å². The molecular formula is C14H23ClO2. The summed E-state index contributed by atoms with van der Waals surface area (Å²) in [6.45, 7) is 2.72. The molecule has 0 aromatic rings. The molecule has 0 unspecified atom stereocenters. The van der Waals surface area contributed by atoms with Crippen molar-refractivity contribution >= 4 is 17.6 Å². The van der Waals surface area contributed by atoms with Gasteiger partial charge in [0.05, 0.1) is 6.61 Å². The molecule has 98 valence electrons. The molecule has 0 radical (unpaired) electrons. The fraction of sp³-hybridized carbons (Fsp3) is 0.929. The van der Waals surface area contributed by atoms with Crippen LogP contribution < -0.4 is 0 Å². The Bertz CT molecular complexity index is 257. The third-order valence-electron chi connectivity index (χ3n) is 3.89. The van der Waals surface area contributed by atoms with E-state index in [0.717, 1.165) is 38.5 Å². The molecule has 2 rings (SSSR count). The fourth-order valence-corrected chi connectivity index (χ4v) is 2.97. The van der Waals surface area contributed by atoms with Gasteiger partial charge in [-0.1, -0.05) is 26.2 Å². The molecule has 3 heteroatoms. The maximum absolute atomic E-state index is 12.1. The molecule has 2 fully saturated rings. The second-order valence-corrected chi connectivity index (χ2v) is 6.14. The molecule has 0 heterocycles. The molecule has 17 heavy (non-hydrogen) atoms. The number of esters is 1. The molecule has 0 spiro atoms. The maximum Gasteiger partial charge on any atom is 0.327 e. The van der Waals surface area contributed by atoms with Crippen molar-refractivity contribution in [3.63, 3.8) is 0 Å². The van der Waals surface area contributed by atoms with E-state index in [1.165, 1.54) is 12.8 Å². The summed E-state index contributed by atoms with van der Waals surface area (Å²) in [4.78, 5) is 11.4. The molecule has 2 aliphatic rings. The summed E-state index contributed by atoms with van der Waals surface area (Å²) >= 11 is 6.55. The van der Waals surface area contributed by atoms with Gasteiger partial charge in [-0.2, -0.15) is 0 Å². The monoisotopic (exact) mass is 258 g/mol. The highest BCUT2D eigenvalue weighted by atomic mass is 35.5. The minimum Gasteiger partial charge on any atom is -0.464 e. The molecule has 2 saturated carbocycles. The Morgan fingerprint density at radius 3 is 2.24 bits per heavy atom. The van der Waals surface area contributed by atoms with Crippen molar-refractivity contribution < 1.29 is 9.53 Å².